The Morgan fingerprint density at radius 1 is 0.894 bits per heavy atom. The molecule has 0 spiro atoms. The molecule has 1 aliphatic heterocycles. The minimum atomic E-state index is -4.94. The zero-order chi connectivity index (χ0) is 35.3. The lowest BCUT2D eigenvalue weighted by Gasteiger charge is -2.24. The number of rotatable bonds is 23. The minimum Gasteiger partial charge on any atom is -0.387 e. The van der Waals surface area contributed by atoms with E-state index in [4.69, 9.17) is 13.6 Å². The normalized spacial score (nSPS) is 22.4. The minimum absolute atomic E-state index is 0.0763. The number of amides is 1. The van der Waals surface area contributed by atoms with Crippen molar-refractivity contribution >= 4 is 41.0 Å². The van der Waals surface area contributed by atoms with Gasteiger partial charge in [-0.25, -0.2) is 18.5 Å². The molecule has 4 N–H and O–H groups in total. The number of nitrogens with zero attached hydrogens (tertiary/aromatic N) is 2. The Morgan fingerprint density at radius 3 is 2.09 bits per heavy atom. The van der Waals surface area contributed by atoms with E-state index < -0.39 is 60.3 Å². The molecule has 1 fully saturated rings. The summed E-state index contributed by atoms with van der Waals surface area (Å²) < 4.78 is 77.2. The molecule has 1 amide bonds. The van der Waals surface area contributed by atoms with E-state index in [0.717, 1.165) is 33.0 Å². The molecule has 1 aromatic heterocycles. The lowest BCUT2D eigenvalue weighted by Crippen LogP contribution is -2.36. The number of ketones is 1. The van der Waals surface area contributed by atoms with Crippen LogP contribution >= 0.6 is 23.5 Å². The number of hydrogen-bond donors (Lipinski definition) is 4. The van der Waals surface area contributed by atoms with E-state index >= 15 is 0 Å². The molecule has 23 heteroatoms. The lowest BCUT2D eigenvalue weighted by molar-refractivity contribution is -0.121. The van der Waals surface area contributed by atoms with Gasteiger partial charge in [0.1, 0.15) is 29.9 Å². The van der Waals surface area contributed by atoms with Crippen molar-refractivity contribution in [3.05, 3.63) is 22.7 Å². The number of phosphoric ester groups is 2. The predicted molar refractivity (Wildman–Crippen MR) is 163 cm³/mol. The first kappa shape index (κ1) is 41.3. The smallest absolute Gasteiger partial charge is 0.387 e. The fraction of sp³-hybridized carbons (Fsp3) is 0.750. The van der Waals surface area contributed by atoms with Crippen LogP contribution in [0, 0.1) is 0 Å². The van der Waals surface area contributed by atoms with Crippen LogP contribution in [0.1, 0.15) is 51.7 Å². The highest BCUT2D eigenvalue weighted by molar-refractivity contribution is 7.67. The predicted octanol–water partition coefficient (Wildman–Crippen LogP) is 2.28. The molecule has 0 bridgehead atoms. The number of nitrogens with one attached hydrogen (secondary N) is 2. The van der Waals surface area contributed by atoms with Crippen molar-refractivity contribution in [2.24, 2.45) is 0 Å². The van der Waals surface area contributed by atoms with Gasteiger partial charge < -0.3 is 30.4 Å². The monoisotopic (exact) mass is 736 g/mol. The first-order chi connectivity index (χ1) is 22.1. The summed E-state index contributed by atoms with van der Waals surface area (Å²) in [6, 6.07) is 1.45. The molecule has 20 nitrogen and oxygen atoms in total. The number of aromatic nitrogens is 2. The molecule has 47 heavy (non-hydrogen) atoms. The van der Waals surface area contributed by atoms with E-state index in [9.17, 15) is 38.3 Å². The molecule has 1 aromatic rings. The van der Waals surface area contributed by atoms with Gasteiger partial charge in [-0.2, -0.15) is 13.6 Å². The van der Waals surface area contributed by atoms with Crippen LogP contribution in [0.4, 0.5) is 5.82 Å². The zero-order valence-electron chi connectivity index (χ0n) is 26.7. The summed E-state index contributed by atoms with van der Waals surface area (Å²) in [6.45, 7) is 1.66. The van der Waals surface area contributed by atoms with Crippen LogP contribution in [0.2, 0.25) is 0 Å². The van der Waals surface area contributed by atoms with Gasteiger partial charge in [0.2, 0.25) is 5.91 Å². The van der Waals surface area contributed by atoms with Crippen molar-refractivity contribution < 1.29 is 69.5 Å². The van der Waals surface area contributed by atoms with Gasteiger partial charge in [0.25, 0.3) is 0 Å². The average Bonchev–Trinajstić information content (AvgIpc) is 3.32. The molecular weight excluding hydrogens is 693 g/mol. The van der Waals surface area contributed by atoms with Gasteiger partial charge >= 0.3 is 29.2 Å². The third kappa shape index (κ3) is 13.2. The summed E-state index contributed by atoms with van der Waals surface area (Å²) in [6.07, 6.45) is -1.37. The largest absolute Gasteiger partial charge is 0.492 e. The Morgan fingerprint density at radius 2 is 1.49 bits per heavy atom. The quantitative estimate of drug-likeness (QED) is 0.0928. The van der Waals surface area contributed by atoms with Crippen LogP contribution in [0.3, 0.4) is 0 Å². The second-order valence-electron chi connectivity index (χ2n) is 9.97. The van der Waals surface area contributed by atoms with Gasteiger partial charge in [0.05, 0.1) is 6.61 Å². The fourth-order valence-electron chi connectivity index (χ4n) is 3.99. The number of anilines is 1. The molecule has 2 rings (SSSR count). The second kappa shape index (κ2) is 19.3. The molecule has 0 aromatic carbocycles. The number of aliphatic hydroxyl groups excluding tert-OH is 2. The van der Waals surface area contributed by atoms with E-state index in [1.54, 1.807) is 0 Å². The summed E-state index contributed by atoms with van der Waals surface area (Å²) in [4.78, 5) is 39.4. The number of unbranched alkanes of at least 4 members (excludes halogenated alkanes) is 2. The molecule has 270 valence electrons. The molecule has 0 aliphatic carbocycles. The fourth-order valence-corrected chi connectivity index (χ4v) is 8.44. The van der Waals surface area contributed by atoms with E-state index in [0.29, 0.717) is 51.6 Å². The maximum Gasteiger partial charge on any atom is 0.492 e. The van der Waals surface area contributed by atoms with Crippen LogP contribution in [0.25, 0.3) is 0 Å². The molecule has 0 saturated carbocycles. The number of carbonyl (C=O) groups excluding carboxylic acids is 2. The van der Waals surface area contributed by atoms with Crippen LogP contribution in [-0.2, 0) is 59.3 Å². The van der Waals surface area contributed by atoms with Crippen molar-refractivity contribution in [1.29, 1.82) is 0 Å². The van der Waals surface area contributed by atoms with Crippen molar-refractivity contribution in [1.82, 2.24) is 14.9 Å². The van der Waals surface area contributed by atoms with Gasteiger partial charge in [0, 0.05) is 60.6 Å². The van der Waals surface area contributed by atoms with Crippen molar-refractivity contribution in [2.45, 2.75) is 70.0 Å². The highest BCUT2D eigenvalue weighted by atomic mass is 31.3. The maximum absolute atomic E-state index is 13.0. The van der Waals surface area contributed by atoms with E-state index in [2.05, 4.69) is 38.0 Å². The molecule has 3 unspecified atom stereocenters. The summed E-state index contributed by atoms with van der Waals surface area (Å²) in [5.74, 6) is 0.265. The zero-order valence-corrected chi connectivity index (χ0v) is 29.4. The Bertz CT molecular complexity index is 1370. The van der Waals surface area contributed by atoms with Gasteiger partial charge in [-0.1, -0.05) is 0 Å². The number of hydrogen-bond acceptors (Lipinski definition) is 18. The summed E-state index contributed by atoms with van der Waals surface area (Å²) in [5, 5.41) is 26.9. The lowest BCUT2D eigenvalue weighted by atomic mass is 10.1. The molecule has 2 heterocycles. The Balaban J connectivity index is 1.89. The Hall–Kier alpha value is -1.89. The van der Waals surface area contributed by atoms with Crippen molar-refractivity contribution in [3.63, 3.8) is 0 Å². The highest BCUT2D eigenvalue weighted by Crippen LogP contribution is 2.72. The molecule has 6 atom stereocenters. The van der Waals surface area contributed by atoms with E-state index in [-0.39, 0.29) is 17.5 Å². The summed E-state index contributed by atoms with van der Waals surface area (Å²) in [5.41, 5.74) is -0.824. The highest BCUT2D eigenvalue weighted by Gasteiger charge is 2.48. The third-order valence-corrected chi connectivity index (χ3v) is 12.0. The van der Waals surface area contributed by atoms with Crippen molar-refractivity contribution in [2.75, 3.05) is 53.5 Å². The first-order valence-electron chi connectivity index (χ1n) is 14.3. The van der Waals surface area contributed by atoms with Crippen molar-refractivity contribution in [3.8, 4) is 0 Å². The number of phosphoric acid groups is 3. The number of carbonyl (C=O) groups is 2. The maximum atomic E-state index is 13.0. The standard InChI is InChI=1S/C24H43N4O16P3/c1-17(29)10-6-7-11-20(30)26-14-9-8-13-25-19-12-15-28(24(33)27-19)23-22(32)21(31)18(42-23)16-41-46(35,39-4)44-47(36,40-5)43-45(34,37-2)38-3/h12,15,18,21-23,31-32H,6-11,13-14,16H2,1-5H3,(H,26,30)(H,25,27,33)/t18-,21?,22+,23-,46?,47?/m1/s1. The molecule has 1 aliphatic rings. The van der Waals surface area contributed by atoms with Gasteiger partial charge in [-0.05, 0) is 38.7 Å². The van der Waals surface area contributed by atoms with Crippen LogP contribution in [0.15, 0.2) is 17.1 Å². The topological polar surface area (TPSA) is 259 Å². The van der Waals surface area contributed by atoms with Gasteiger partial charge in [-0.15, -0.1) is 0 Å². The molecule has 0 radical (unpaired) electrons. The van der Waals surface area contributed by atoms with Gasteiger partial charge in [0.15, 0.2) is 6.23 Å². The van der Waals surface area contributed by atoms with Crippen LogP contribution < -0.4 is 16.3 Å². The average molecular weight is 737 g/mol. The van der Waals surface area contributed by atoms with Gasteiger partial charge in [-0.3, -0.25) is 32.0 Å². The number of Topliss-reactive ketones (excluding diaryl/α,β-unsaturated/α-hetero) is 1. The van der Waals surface area contributed by atoms with Crippen LogP contribution in [0.5, 0.6) is 0 Å². The van der Waals surface area contributed by atoms with E-state index in [1.807, 2.05) is 0 Å². The SMILES string of the molecule is COP(=O)(OC)OP(=O)(OC)OP(=O)(OC)OC[C@H]1O[C@@H](n2ccc(NCCCCNC(=O)CCCCC(C)=O)nc2=O)[C@@H](O)C1O. The molecular formula is C24H43N4O16P3. The van der Waals surface area contributed by atoms with Crippen LogP contribution in [-0.4, -0.2) is 97.9 Å². The first-order valence-corrected chi connectivity index (χ1v) is 18.7. The van der Waals surface area contributed by atoms with E-state index in [1.165, 1.54) is 19.2 Å². The number of ether oxygens (including phenoxy) is 1. The summed E-state index contributed by atoms with van der Waals surface area (Å²) >= 11 is 0. The molecule has 1 saturated heterocycles. The summed E-state index contributed by atoms with van der Waals surface area (Å²) in [7, 11) is -10.7. The second-order valence-corrected chi connectivity index (χ2v) is 15.7. The Kier molecular flexibility index (Phi) is 17.0. The number of aliphatic hydroxyl groups is 2. The Labute approximate surface area is 271 Å². The third-order valence-electron chi connectivity index (χ3n) is 6.55.